The predicted molar refractivity (Wildman–Crippen MR) is 37.6 cm³/mol. The largest absolute Gasteiger partial charge is 0.327 e. The van der Waals surface area contributed by atoms with E-state index in [9.17, 15) is 0 Å². The Kier molecular flexibility index (Phi) is 5.99. The van der Waals surface area contributed by atoms with Gasteiger partial charge in [-0.3, -0.25) is 0 Å². The fourth-order valence-electron chi connectivity index (χ4n) is 0.372. The van der Waals surface area contributed by atoms with Crippen molar-refractivity contribution >= 4 is 0 Å². The Hall–Kier alpha value is -0.560. The maximum Gasteiger partial charge on any atom is 0.0109 e. The zero-order chi connectivity index (χ0) is 6.24. The molecule has 1 heteroatoms. The SMILES string of the molecule is CC/C=C\C=C/CN. The Bertz CT molecular complexity index is 70.4. The minimum absolute atomic E-state index is 0.633. The van der Waals surface area contributed by atoms with E-state index in [-0.39, 0.29) is 0 Å². The van der Waals surface area contributed by atoms with Crippen LogP contribution in [0.25, 0.3) is 0 Å². The van der Waals surface area contributed by atoms with Crippen LogP contribution in [0.2, 0.25) is 0 Å². The summed E-state index contributed by atoms with van der Waals surface area (Å²) in [5.41, 5.74) is 5.19. The summed E-state index contributed by atoms with van der Waals surface area (Å²) in [4.78, 5) is 0. The standard InChI is InChI=1S/C7H13N/c1-2-3-4-5-6-7-8/h3-6H,2,7-8H2,1H3/b4-3-,6-5-. The zero-order valence-electron chi connectivity index (χ0n) is 5.30. The number of nitrogens with two attached hydrogens (primary N) is 1. The van der Waals surface area contributed by atoms with Crippen molar-refractivity contribution in [1.29, 1.82) is 0 Å². The van der Waals surface area contributed by atoms with Gasteiger partial charge in [-0.2, -0.15) is 0 Å². The minimum atomic E-state index is 0.633. The number of hydrogen-bond acceptors (Lipinski definition) is 1. The smallest absolute Gasteiger partial charge is 0.0109 e. The fourth-order valence-corrected chi connectivity index (χ4v) is 0.372. The van der Waals surface area contributed by atoms with Crippen LogP contribution in [0.4, 0.5) is 0 Å². The van der Waals surface area contributed by atoms with Crippen molar-refractivity contribution in [1.82, 2.24) is 0 Å². The van der Waals surface area contributed by atoms with E-state index in [1.807, 2.05) is 18.2 Å². The van der Waals surface area contributed by atoms with E-state index in [0.717, 1.165) is 6.42 Å². The third-order valence-electron chi connectivity index (χ3n) is 0.755. The van der Waals surface area contributed by atoms with Gasteiger partial charge in [-0.05, 0) is 6.42 Å². The van der Waals surface area contributed by atoms with Gasteiger partial charge < -0.3 is 5.73 Å². The molecule has 0 aromatic heterocycles. The van der Waals surface area contributed by atoms with Gasteiger partial charge in [-0.25, -0.2) is 0 Å². The van der Waals surface area contributed by atoms with E-state index >= 15 is 0 Å². The van der Waals surface area contributed by atoms with Crippen molar-refractivity contribution in [3.63, 3.8) is 0 Å². The van der Waals surface area contributed by atoms with Crippen LogP contribution < -0.4 is 5.73 Å². The maximum atomic E-state index is 5.19. The summed E-state index contributed by atoms with van der Waals surface area (Å²) in [7, 11) is 0. The van der Waals surface area contributed by atoms with Gasteiger partial charge in [0.25, 0.3) is 0 Å². The summed E-state index contributed by atoms with van der Waals surface area (Å²) in [5, 5.41) is 0. The molecule has 8 heavy (non-hydrogen) atoms. The molecule has 2 N–H and O–H groups in total. The molecule has 0 amide bonds. The average Bonchev–Trinajstić information content (AvgIpc) is 1.81. The molecule has 0 rings (SSSR count). The molecule has 1 nitrogen and oxygen atoms in total. The van der Waals surface area contributed by atoms with Crippen LogP contribution >= 0.6 is 0 Å². The average molecular weight is 111 g/mol. The molecule has 0 spiro atoms. The minimum Gasteiger partial charge on any atom is -0.327 e. The highest BCUT2D eigenvalue weighted by atomic mass is 14.5. The second-order valence-electron chi connectivity index (χ2n) is 1.50. The van der Waals surface area contributed by atoms with Gasteiger partial charge >= 0.3 is 0 Å². The lowest BCUT2D eigenvalue weighted by atomic mass is 10.4. The van der Waals surface area contributed by atoms with E-state index in [1.54, 1.807) is 0 Å². The summed E-state index contributed by atoms with van der Waals surface area (Å²) in [6.07, 6.45) is 9.07. The van der Waals surface area contributed by atoms with Crippen LogP contribution in [-0.4, -0.2) is 6.54 Å². The fraction of sp³-hybridized carbons (Fsp3) is 0.429. The topological polar surface area (TPSA) is 26.0 Å². The van der Waals surface area contributed by atoms with Crippen LogP contribution in [0, 0.1) is 0 Å². The van der Waals surface area contributed by atoms with Gasteiger partial charge in [0.15, 0.2) is 0 Å². The second-order valence-corrected chi connectivity index (χ2v) is 1.50. The summed E-state index contributed by atoms with van der Waals surface area (Å²) < 4.78 is 0. The quantitative estimate of drug-likeness (QED) is 0.548. The molecule has 0 atom stereocenters. The first-order chi connectivity index (χ1) is 3.91. The van der Waals surface area contributed by atoms with E-state index in [4.69, 9.17) is 5.73 Å². The summed E-state index contributed by atoms with van der Waals surface area (Å²) in [6.45, 7) is 2.74. The number of hydrogen-bond donors (Lipinski definition) is 1. The van der Waals surface area contributed by atoms with Crippen molar-refractivity contribution in [3.8, 4) is 0 Å². The first kappa shape index (κ1) is 7.44. The monoisotopic (exact) mass is 111 g/mol. The highest BCUT2D eigenvalue weighted by Gasteiger charge is 1.61. The molecule has 0 aliphatic carbocycles. The normalized spacial score (nSPS) is 11.8. The van der Waals surface area contributed by atoms with Crippen LogP contribution in [0.15, 0.2) is 24.3 Å². The van der Waals surface area contributed by atoms with E-state index < -0.39 is 0 Å². The van der Waals surface area contributed by atoms with Gasteiger partial charge in [0.05, 0.1) is 0 Å². The Balaban J connectivity index is 3.13. The Labute approximate surface area is 50.9 Å². The Morgan fingerprint density at radius 3 is 2.38 bits per heavy atom. The first-order valence-corrected chi connectivity index (χ1v) is 2.93. The Morgan fingerprint density at radius 1 is 1.25 bits per heavy atom. The van der Waals surface area contributed by atoms with E-state index in [2.05, 4.69) is 13.0 Å². The van der Waals surface area contributed by atoms with Crippen molar-refractivity contribution in [2.75, 3.05) is 6.54 Å². The lowest BCUT2D eigenvalue weighted by Gasteiger charge is -1.74. The molecular weight excluding hydrogens is 98.1 g/mol. The molecule has 0 aliphatic rings. The molecule has 0 bridgehead atoms. The molecule has 0 aliphatic heterocycles. The molecule has 0 saturated carbocycles. The van der Waals surface area contributed by atoms with Gasteiger partial charge in [0.1, 0.15) is 0 Å². The molecule has 0 aromatic carbocycles. The van der Waals surface area contributed by atoms with Crippen LogP contribution in [0.1, 0.15) is 13.3 Å². The molecule has 0 aromatic rings. The van der Waals surface area contributed by atoms with Crippen molar-refractivity contribution in [2.45, 2.75) is 13.3 Å². The third kappa shape index (κ3) is 5.44. The van der Waals surface area contributed by atoms with Gasteiger partial charge in [-0.1, -0.05) is 31.2 Å². The molecule has 0 fully saturated rings. The van der Waals surface area contributed by atoms with Crippen molar-refractivity contribution in [3.05, 3.63) is 24.3 Å². The highest BCUT2D eigenvalue weighted by molar-refractivity contribution is 5.02. The lowest BCUT2D eigenvalue weighted by molar-refractivity contribution is 1.22. The predicted octanol–water partition coefficient (Wildman–Crippen LogP) is 1.47. The van der Waals surface area contributed by atoms with Crippen LogP contribution in [0.3, 0.4) is 0 Å². The molecule has 0 unspecified atom stereocenters. The number of allylic oxidation sites excluding steroid dienone is 3. The molecule has 0 radical (unpaired) electrons. The summed E-state index contributed by atoms with van der Waals surface area (Å²) in [6, 6.07) is 0. The Morgan fingerprint density at radius 2 is 1.88 bits per heavy atom. The lowest BCUT2D eigenvalue weighted by Crippen LogP contribution is -1.91. The first-order valence-electron chi connectivity index (χ1n) is 2.93. The van der Waals surface area contributed by atoms with E-state index in [1.165, 1.54) is 0 Å². The van der Waals surface area contributed by atoms with Crippen LogP contribution in [0.5, 0.6) is 0 Å². The van der Waals surface area contributed by atoms with E-state index in [0.29, 0.717) is 6.54 Å². The van der Waals surface area contributed by atoms with Crippen molar-refractivity contribution < 1.29 is 0 Å². The number of rotatable bonds is 3. The molecule has 0 saturated heterocycles. The van der Waals surface area contributed by atoms with Crippen LogP contribution in [-0.2, 0) is 0 Å². The maximum absolute atomic E-state index is 5.19. The highest BCUT2D eigenvalue weighted by Crippen LogP contribution is 1.79. The molecule has 46 valence electrons. The second kappa shape index (κ2) is 6.44. The van der Waals surface area contributed by atoms with Gasteiger partial charge in [-0.15, -0.1) is 0 Å². The molecular formula is C7H13N. The summed E-state index contributed by atoms with van der Waals surface area (Å²) >= 11 is 0. The van der Waals surface area contributed by atoms with Gasteiger partial charge in [0, 0.05) is 6.54 Å². The third-order valence-corrected chi connectivity index (χ3v) is 0.755. The molecule has 0 heterocycles. The van der Waals surface area contributed by atoms with Gasteiger partial charge in [0.2, 0.25) is 0 Å². The van der Waals surface area contributed by atoms with Crippen molar-refractivity contribution in [2.24, 2.45) is 5.73 Å². The summed E-state index contributed by atoms with van der Waals surface area (Å²) in [5.74, 6) is 0. The zero-order valence-corrected chi connectivity index (χ0v) is 5.30.